The Morgan fingerprint density at radius 2 is 1.74 bits per heavy atom. The molecule has 0 bridgehead atoms. The predicted octanol–water partition coefficient (Wildman–Crippen LogP) is 7.01. The summed E-state index contributed by atoms with van der Waals surface area (Å²) in [5.41, 5.74) is 9.97. The first kappa shape index (κ1) is 32.3. The molecule has 1 aliphatic rings. The lowest BCUT2D eigenvalue weighted by molar-refractivity contribution is -0.129. The lowest BCUT2D eigenvalue weighted by atomic mass is 9.86. The molecule has 12 heteroatoms. The minimum Gasteiger partial charge on any atom is -0.436 e. The van der Waals surface area contributed by atoms with E-state index in [0.717, 1.165) is 5.56 Å². The zero-order valence-corrected chi connectivity index (χ0v) is 25.9. The Morgan fingerprint density at radius 1 is 1.02 bits per heavy atom. The van der Waals surface area contributed by atoms with E-state index in [1.165, 1.54) is 42.2 Å². The maximum Gasteiger partial charge on any atom is 0.387 e. The summed E-state index contributed by atoms with van der Waals surface area (Å²) in [7, 11) is 0. The second-order valence-corrected chi connectivity index (χ2v) is 11.3. The summed E-state index contributed by atoms with van der Waals surface area (Å²) in [6, 6.07) is 10.9. The third kappa shape index (κ3) is 6.90. The number of hydrogen-bond donors (Lipinski definition) is 1. The van der Waals surface area contributed by atoms with Crippen LogP contribution in [0.4, 0.5) is 19.0 Å². The van der Waals surface area contributed by atoms with Crippen LogP contribution in [0.15, 0.2) is 60.4 Å². The zero-order chi connectivity index (χ0) is 33.1. The number of nitrogens with two attached hydrogens (primary N) is 1. The number of nitrogen functional groups attached to an aromatic ring is 1. The highest BCUT2D eigenvalue weighted by Gasteiger charge is 2.26. The van der Waals surface area contributed by atoms with Gasteiger partial charge in [0.2, 0.25) is 11.8 Å². The molecule has 2 aromatic carbocycles. The third-order valence-corrected chi connectivity index (χ3v) is 8.11. The van der Waals surface area contributed by atoms with Crippen molar-refractivity contribution in [2.75, 3.05) is 18.8 Å². The number of ketones is 1. The molecule has 2 aromatic heterocycles. The Balaban J connectivity index is 1.38. The highest BCUT2D eigenvalue weighted by Crippen LogP contribution is 2.38. The summed E-state index contributed by atoms with van der Waals surface area (Å²) in [6.45, 7) is 4.79. The summed E-state index contributed by atoms with van der Waals surface area (Å²) in [5, 5.41) is 4.30. The molecule has 9 nitrogen and oxygen atoms in total. The molecule has 0 atom stereocenters. The van der Waals surface area contributed by atoms with Crippen LogP contribution in [0.3, 0.4) is 0 Å². The van der Waals surface area contributed by atoms with Gasteiger partial charge in [0, 0.05) is 26.1 Å². The van der Waals surface area contributed by atoms with E-state index >= 15 is 0 Å². The van der Waals surface area contributed by atoms with Gasteiger partial charge >= 0.3 is 6.61 Å². The zero-order valence-electron chi connectivity index (χ0n) is 25.9. The molecule has 1 saturated heterocycles. The van der Waals surface area contributed by atoms with Crippen molar-refractivity contribution in [3.8, 4) is 23.1 Å². The number of amides is 1. The van der Waals surface area contributed by atoms with Crippen LogP contribution in [-0.4, -0.2) is 51.1 Å². The monoisotopic (exact) mass is 633 g/mol. The summed E-state index contributed by atoms with van der Waals surface area (Å²) in [6.07, 6.45) is 5.69. The summed E-state index contributed by atoms with van der Waals surface area (Å²) in [4.78, 5) is 31.2. The largest absolute Gasteiger partial charge is 0.436 e. The van der Waals surface area contributed by atoms with Crippen LogP contribution in [0.5, 0.6) is 17.4 Å². The number of carbonyl (C=O) groups excluding carboxylic acids is 2. The Morgan fingerprint density at radius 3 is 2.39 bits per heavy atom. The average Bonchev–Trinajstić information content (AvgIpc) is 3.39. The van der Waals surface area contributed by atoms with Crippen molar-refractivity contribution in [3.63, 3.8) is 0 Å². The molecule has 1 fully saturated rings. The van der Waals surface area contributed by atoms with Crippen molar-refractivity contribution in [1.82, 2.24) is 19.7 Å². The number of alkyl halides is 2. The number of benzene rings is 2. The van der Waals surface area contributed by atoms with Gasteiger partial charge in [-0.3, -0.25) is 9.59 Å². The average molecular weight is 634 g/mol. The van der Waals surface area contributed by atoms with Crippen LogP contribution >= 0.6 is 0 Å². The van der Waals surface area contributed by atoms with Crippen molar-refractivity contribution in [2.24, 2.45) is 0 Å². The number of piperidine rings is 1. The van der Waals surface area contributed by atoms with Crippen molar-refractivity contribution in [1.29, 1.82) is 0 Å². The van der Waals surface area contributed by atoms with Gasteiger partial charge in [-0.2, -0.15) is 13.9 Å². The number of ether oxygens (including phenoxy) is 2. The van der Waals surface area contributed by atoms with Crippen molar-refractivity contribution >= 4 is 23.6 Å². The van der Waals surface area contributed by atoms with E-state index in [2.05, 4.69) is 10.1 Å². The van der Waals surface area contributed by atoms with Crippen molar-refractivity contribution in [3.05, 3.63) is 94.1 Å². The molecule has 5 rings (SSSR count). The quantitative estimate of drug-likeness (QED) is 0.156. The summed E-state index contributed by atoms with van der Waals surface area (Å²) < 4.78 is 52.8. The number of aryl methyl sites for hydroxylation is 2. The maximum absolute atomic E-state index is 14.0. The van der Waals surface area contributed by atoms with E-state index in [9.17, 15) is 22.8 Å². The SMILES string of the molecule is CC(=O)N1CCC(c2cc(C)c(/C=C(\C)C(=O)c3cnn(-c4cnc(Oc5ccccc5F)cc4C)c3N)cc2OC(F)F)CC1. The van der Waals surface area contributed by atoms with Crippen LogP contribution in [-0.2, 0) is 4.79 Å². The number of carbonyl (C=O) groups is 2. The molecule has 0 unspecified atom stereocenters. The second kappa shape index (κ2) is 13.5. The van der Waals surface area contributed by atoms with Gasteiger partial charge in [-0.1, -0.05) is 18.2 Å². The summed E-state index contributed by atoms with van der Waals surface area (Å²) >= 11 is 0. The van der Waals surface area contributed by atoms with Gasteiger partial charge < -0.3 is 20.1 Å². The minimum absolute atomic E-state index is 0.0125. The molecular formula is C34H34F3N5O4. The molecule has 0 radical (unpaired) electrons. The molecule has 1 amide bonds. The Kier molecular flexibility index (Phi) is 9.45. The van der Waals surface area contributed by atoms with E-state index in [-0.39, 0.29) is 40.6 Å². The molecule has 0 saturated carbocycles. The van der Waals surface area contributed by atoms with E-state index in [0.29, 0.717) is 53.9 Å². The van der Waals surface area contributed by atoms with Gasteiger partial charge in [0.05, 0.1) is 23.6 Å². The van der Waals surface area contributed by atoms with Crippen LogP contribution in [0.1, 0.15) is 65.2 Å². The molecule has 46 heavy (non-hydrogen) atoms. The van der Waals surface area contributed by atoms with Crippen molar-refractivity contribution in [2.45, 2.75) is 53.1 Å². The number of halogens is 3. The van der Waals surface area contributed by atoms with Crippen LogP contribution in [0.2, 0.25) is 0 Å². The first-order chi connectivity index (χ1) is 21.9. The normalized spacial score (nSPS) is 14.1. The molecule has 3 heterocycles. The van der Waals surface area contributed by atoms with Gasteiger partial charge in [0.15, 0.2) is 17.3 Å². The summed E-state index contributed by atoms with van der Waals surface area (Å²) in [5.74, 6) is -0.653. The fourth-order valence-electron chi connectivity index (χ4n) is 5.58. The number of aromatic nitrogens is 3. The highest BCUT2D eigenvalue weighted by molar-refractivity contribution is 6.13. The van der Waals surface area contributed by atoms with Gasteiger partial charge in [-0.25, -0.2) is 14.1 Å². The number of Topliss-reactive ketones (excluding diaryl/α,β-unsaturated/α-hetero) is 1. The van der Waals surface area contributed by atoms with E-state index < -0.39 is 18.2 Å². The molecule has 2 N–H and O–H groups in total. The number of pyridine rings is 1. The fourth-order valence-corrected chi connectivity index (χ4v) is 5.58. The van der Waals surface area contributed by atoms with Crippen LogP contribution < -0.4 is 15.2 Å². The molecular weight excluding hydrogens is 599 g/mol. The van der Waals surface area contributed by atoms with Gasteiger partial charge in [-0.05, 0) is 91.6 Å². The van der Waals surface area contributed by atoms with E-state index in [4.69, 9.17) is 15.2 Å². The topological polar surface area (TPSA) is 113 Å². The molecule has 240 valence electrons. The number of anilines is 1. The van der Waals surface area contributed by atoms with E-state index in [1.807, 2.05) is 13.0 Å². The Hall–Kier alpha value is -5.13. The first-order valence-corrected chi connectivity index (χ1v) is 14.7. The number of likely N-dealkylation sites (tertiary alicyclic amines) is 1. The smallest absolute Gasteiger partial charge is 0.387 e. The molecule has 1 aliphatic heterocycles. The lowest BCUT2D eigenvalue weighted by Gasteiger charge is -2.32. The van der Waals surface area contributed by atoms with Crippen LogP contribution in [0, 0.1) is 19.7 Å². The number of rotatable bonds is 9. The Labute approximate surface area is 264 Å². The standard InChI is InChI=1S/C34H34F3N5O4/c1-19-14-25(23-9-11-41(12-10-23)22(4)43)30(46-34(36)37)16-24(19)13-21(3)32(44)26-17-40-42(33(26)38)28-18-39-31(15-20(28)2)45-29-8-6-5-7-27(29)35/h5-8,13-18,23,34H,9-12,38H2,1-4H3/b21-13+. The first-order valence-electron chi connectivity index (χ1n) is 14.7. The molecule has 0 spiro atoms. The Bertz CT molecular complexity index is 1810. The van der Waals surface area contributed by atoms with Crippen molar-refractivity contribution < 1.29 is 32.2 Å². The number of nitrogens with zero attached hydrogens (tertiary/aromatic N) is 4. The predicted molar refractivity (Wildman–Crippen MR) is 167 cm³/mol. The second-order valence-electron chi connectivity index (χ2n) is 11.3. The fraction of sp³-hybridized carbons (Fsp3) is 0.294. The highest BCUT2D eigenvalue weighted by atomic mass is 19.3. The lowest BCUT2D eigenvalue weighted by Crippen LogP contribution is -2.36. The van der Waals surface area contributed by atoms with E-state index in [1.54, 1.807) is 43.0 Å². The molecule has 4 aromatic rings. The van der Waals surface area contributed by atoms with Crippen LogP contribution in [0.25, 0.3) is 11.8 Å². The van der Waals surface area contributed by atoms with Gasteiger partial charge in [0.25, 0.3) is 0 Å². The number of allylic oxidation sites excluding steroid dienone is 1. The number of hydrogen-bond acceptors (Lipinski definition) is 7. The molecule has 0 aliphatic carbocycles. The van der Waals surface area contributed by atoms with Gasteiger partial charge in [0.1, 0.15) is 11.6 Å². The maximum atomic E-state index is 14.0. The van der Waals surface area contributed by atoms with Gasteiger partial charge in [-0.15, -0.1) is 0 Å². The number of para-hydroxylation sites is 1. The third-order valence-electron chi connectivity index (χ3n) is 8.11. The minimum atomic E-state index is -3.03.